The number of aryl methyl sites for hydroxylation is 1. The van der Waals surface area contributed by atoms with Crippen LogP contribution >= 0.6 is 11.3 Å². The first-order chi connectivity index (χ1) is 16.9. The maximum absolute atomic E-state index is 12.4. The summed E-state index contributed by atoms with van der Waals surface area (Å²) in [6, 6.07) is 6.05. The molecule has 0 atom stereocenters. The molecule has 3 rings (SSSR count). The number of aliphatic carboxylic acids is 2. The highest BCUT2D eigenvalue weighted by atomic mass is 32.1. The largest absolute Gasteiger partial charge is 0.490 e. The van der Waals surface area contributed by atoms with Crippen LogP contribution in [-0.2, 0) is 35.8 Å². The van der Waals surface area contributed by atoms with Crippen LogP contribution < -0.4 is 5.56 Å². The Morgan fingerprint density at radius 3 is 2.03 bits per heavy atom. The molecule has 1 aliphatic heterocycles. The molecule has 0 bridgehead atoms. The highest BCUT2D eigenvalue weighted by Crippen LogP contribution is 2.19. The number of carboxylic acids is 2. The summed E-state index contributed by atoms with van der Waals surface area (Å²) in [6.45, 7) is 6.29. The monoisotopic (exact) mass is 560 g/mol. The molecular formula is C21H26F6N4O5S. The van der Waals surface area contributed by atoms with Crippen molar-refractivity contribution in [2.45, 2.75) is 51.9 Å². The lowest BCUT2D eigenvalue weighted by atomic mass is 10.3. The van der Waals surface area contributed by atoms with Gasteiger partial charge in [-0.25, -0.2) is 14.6 Å². The predicted molar refractivity (Wildman–Crippen MR) is 121 cm³/mol. The molecule has 9 nitrogen and oxygen atoms in total. The van der Waals surface area contributed by atoms with Crippen LogP contribution in [0.2, 0.25) is 0 Å². The van der Waals surface area contributed by atoms with E-state index in [0.717, 1.165) is 44.1 Å². The van der Waals surface area contributed by atoms with E-state index in [-0.39, 0.29) is 5.56 Å². The number of thiophene rings is 1. The molecule has 0 fully saturated rings. The van der Waals surface area contributed by atoms with Crippen molar-refractivity contribution in [3.05, 3.63) is 49.8 Å². The van der Waals surface area contributed by atoms with Crippen LogP contribution in [0.15, 0.2) is 23.0 Å². The van der Waals surface area contributed by atoms with E-state index in [4.69, 9.17) is 24.8 Å². The Bertz CT molecular complexity index is 1090. The quantitative estimate of drug-likeness (QED) is 0.548. The van der Waals surface area contributed by atoms with Gasteiger partial charge in [0.15, 0.2) is 0 Å². The number of hydrogen-bond acceptors (Lipinski definition) is 7. The van der Waals surface area contributed by atoms with E-state index in [1.807, 2.05) is 34.9 Å². The minimum Gasteiger partial charge on any atom is -0.475 e. The average molecular weight is 561 g/mol. The summed E-state index contributed by atoms with van der Waals surface area (Å²) in [5, 5.41) is 14.2. The number of halogens is 6. The second kappa shape index (κ2) is 13.5. The first kappa shape index (κ1) is 32.0. The molecule has 0 aromatic carbocycles. The SMILES string of the molecule is Cc1ccc(CN2CCCn3c(nc(CN(C)C)cc3=O)C2)s1.O=C(O)C(F)(F)F.O=C(O)C(F)(F)F. The lowest BCUT2D eigenvalue weighted by molar-refractivity contribution is -0.193. The van der Waals surface area contributed by atoms with Crippen LogP contribution in [0.3, 0.4) is 0 Å². The average Bonchev–Trinajstić information content (AvgIpc) is 3.01. The van der Waals surface area contributed by atoms with Gasteiger partial charge in [-0.3, -0.25) is 14.3 Å². The third-order valence-corrected chi connectivity index (χ3v) is 5.49. The zero-order chi connectivity index (χ0) is 28.6. The van der Waals surface area contributed by atoms with Crippen LogP contribution in [-0.4, -0.2) is 74.5 Å². The van der Waals surface area contributed by atoms with Crippen LogP contribution in [0.5, 0.6) is 0 Å². The van der Waals surface area contributed by atoms with Crippen molar-refractivity contribution in [3.63, 3.8) is 0 Å². The van der Waals surface area contributed by atoms with Crippen molar-refractivity contribution in [2.24, 2.45) is 0 Å². The van der Waals surface area contributed by atoms with Crippen molar-refractivity contribution >= 4 is 23.3 Å². The fraction of sp³-hybridized carbons (Fsp3) is 0.524. The fourth-order valence-electron chi connectivity index (χ4n) is 3.03. The number of rotatable bonds is 4. The number of aromatic nitrogens is 2. The Kier molecular flexibility index (Phi) is 11.7. The molecule has 0 amide bonds. The van der Waals surface area contributed by atoms with Gasteiger partial charge in [0.2, 0.25) is 0 Å². The zero-order valence-corrected chi connectivity index (χ0v) is 20.9. The molecule has 0 radical (unpaired) electrons. The molecule has 3 heterocycles. The number of carbonyl (C=O) groups is 2. The van der Waals surface area contributed by atoms with Gasteiger partial charge < -0.3 is 15.1 Å². The standard InChI is InChI=1S/C17H24N4OS.2C2HF3O2/c1-13-5-6-15(23-13)11-20-7-4-8-21-16(12-20)18-14(9-17(21)22)10-19(2)3;2*3-2(4,5)1(6)7/h5-6,9H,4,7-8,10-12H2,1-3H3;2*(H,6,7). The molecule has 208 valence electrons. The van der Waals surface area contributed by atoms with E-state index >= 15 is 0 Å². The second-order valence-corrected chi connectivity index (χ2v) is 9.45. The Hall–Kier alpha value is -2.98. The summed E-state index contributed by atoms with van der Waals surface area (Å²) in [4.78, 5) is 42.1. The molecule has 0 aliphatic carbocycles. The van der Waals surface area contributed by atoms with Crippen LogP contribution in [0, 0.1) is 6.92 Å². The van der Waals surface area contributed by atoms with E-state index in [9.17, 15) is 31.1 Å². The Balaban J connectivity index is 0.000000404. The van der Waals surface area contributed by atoms with Crippen molar-refractivity contribution in [3.8, 4) is 0 Å². The molecule has 0 saturated heterocycles. The normalized spacial score (nSPS) is 14.0. The lowest BCUT2D eigenvalue weighted by Gasteiger charge is -2.19. The van der Waals surface area contributed by atoms with Gasteiger partial charge in [0.25, 0.3) is 5.56 Å². The fourth-order valence-corrected chi connectivity index (χ4v) is 3.96. The minimum atomic E-state index is -5.08. The minimum absolute atomic E-state index is 0.0840. The number of fused-ring (bicyclic) bond motifs is 1. The first-order valence-electron chi connectivity index (χ1n) is 10.5. The lowest BCUT2D eigenvalue weighted by Crippen LogP contribution is -2.28. The summed E-state index contributed by atoms with van der Waals surface area (Å²) in [5.74, 6) is -4.61. The molecule has 37 heavy (non-hydrogen) atoms. The summed E-state index contributed by atoms with van der Waals surface area (Å²) in [5.41, 5.74) is 0.945. The van der Waals surface area contributed by atoms with Gasteiger partial charge in [-0.1, -0.05) is 0 Å². The van der Waals surface area contributed by atoms with Crippen molar-refractivity contribution in [2.75, 3.05) is 20.6 Å². The van der Waals surface area contributed by atoms with E-state index in [2.05, 4.69) is 24.0 Å². The summed E-state index contributed by atoms with van der Waals surface area (Å²) in [6.07, 6.45) is -9.17. The van der Waals surface area contributed by atoms with Crippen LogP contribution in [0.25, 0.3) is 0 Å². The topological polar surface area (TPSA) is 116 Å². The first-order valence-corrected chi connectivity index (χ1v) is 11.3. The molecular weight excluding hydrogens is 534 g/mol. The molecule has 0 saturated carbocycles. The molecule has 2 aromatic heterocycles. The number of alkyl halides is 6. The smallest absolute Gasteiger partial charge is 0.475 e. The molecule has 2 N–H and O–H groups in total. The van der Waals surface area contributed by atoms with Crippen molar-refractivity contribution in [1.82, 2.24) is 19.4 Å². The van der Waals surface area contributed by atoms with Gasteiger partial charge in [0.05, 0.1) is 12.2 Å². The Morgan fingerprint density at radius 2 is 1.59 bits per heavy atom. The maximum Gasteiger partial charge on any atom is 0.490 e. The Morgan fingerprint density at radius 1 is 1.05 bits per heavy atom. The van der Waals surface area contributed by atoms with Crippen molar-refractivity contribution < 1.29 is 46.1 Å². The number of nitrogens with zero attached hydrogens (tertiary/aromatic N) is 4. The van der Waals surface area contributed by atoms with Gasteiger partial charge >= 0.3 is 24.3 Å². The molecule has 2 aromatic rings. The highest BCUT2D eigenvalue weighted by Gasteiger charge is 2.38. The van der Waals surface area contributed by atoms with E-state index in [1.54, 1.807) is 6.07 Å². The third-order valence-electron chi connectivity index (χ3n) is 4.50. The predicted octanol–water partition coefficient (Wildman–Crippen LogP) is 3.35. The third kappa shape index (κ3) is 11.7. The van der Waals surface area contributed by atoms with Crippen molar-refractivity contribution in [1.29, 1.82) is 0 Å². The number of carboxylic acid groups (broad SMARTS) is 2. The molecule has 0 unspecified atom stereocenters. The van der Waals surface area contributed by atoms with Gasteiger partial charge in [0, 0.05) is 42.0 Å². The van der Waals surface area contributed by atoms with Gasteiger partial charge in [-0.05, 0) is 39.6 Å². The van der Waals surface area contributed by atoms with E-state index in [1.165, 1.54) is 9.75 Å². The summed E-state index contributed by atoms with van der Waals surface area (Å²) < 4.78 is 65.3. The van der Waals surface area contributed by atoms with Crippen LogP contribution in [0.1, 0.15) is 27.7 Å². The molecule has 16 heteroatoms. The van der Waals surface area contributed by atoms with E-state index in [0.29, 0.717) is 6.54 Å². The second-order valence-electron chi connectivity index (χ2n) is 8.07. The summed E-state index contributed by atoms with van der Waals surface area (Å²) >= 11 is 1.85. The summed E-state index contributed by atoms with van der Waals surface area (Å²) in [7, 11) is 3.99. The zero-order valence-electron chi connectivity index (χ0n) is 20.1. The van der Waals surface area contributed by atoms with Crippen LogP contribution in [0.4, 0.5) is 26.3 Å². The van der Waals surface area contributed by atoms with E-state index < -0.39 is 24.3 Å². The Labute approximate surface area is 211 Å². The highest BCUT2D eigenvalue weighted by molar-refractivity contribution is 7.11. The van der Waals surface area contributed by atoms with Gasteiger partial charge in [-0.15, -0.1) is 11.3 Å². The van der Waals surface area contributed by atoms with Gasteiger partial charge in [-0.2, -0.15) is 26.3 Å². The molecule has 1 aliphatic rings. The molecule has 0 spiro atoms. The number of hydrogen-bond donors (Lipinski definition) is 2. The van der Waals surface area contributed by atoms with Gasteiger partial charge in [0.1, 0.15) is 5.82 Å². The maximum atomic E-state index is 12.4.